The van der Waals surface area contributed by atoms with Crippen molar-refractivity contribution >= 4 is 23.2 Å². The molecule has 0 bridgehead atoms. The molecule has 0 unspecified atom stereocenters. The molecule has 0 heterocycles. The van der Waals surface area contributed by atoms with Crippen LogP contribution in [0, 0.1) is 0 Å². The highest BCUT2D eigenvalue weighted by molar-refractivity contribution is 6.07. The van der Waals surface area contributed by atoms with Crippen LogP contribution in [0.1, 0.15) is 20.7 Å². The first kappa shape index (κ1) is 22.5. The van der Waals surface area contributed by atoms with E-state index < -0.39 is 0 Å². The van der Waals surface area contributed by atoms with Crippen molar-refractivity contribution in [2.24, 2.45) is 0 Å². The van der Waals surface area contributed by atoms with Gasteiger partial charge < -0.3 is 29.6 Å². The van der Waals surface area contributed by atoms with Gasteiger partial charge in [-0.1, -0.05) is 0 Å². The van der Waals surface area contributed by atoms with Gasteiger partial charge >= 0.3 is 0 Å². The zero-order valence-electron chi connectivity index (χ0n) is 18.2. The molecule has 8 heteroatoms. The first-order valence-corrected chi connectivity index (χ1v) is 9.66. The minimum atomic E-state index is -0.329. The summed E-state index contributed by atoms with van der Waals surface area (Å²) in [6.45, 7) is 0. The molecule has 0 saturated carbocycles. The van der Waals surface area contributed by atoms with E-state index in [1.54, 1.807) is 74.9 Å². The van der Waals surface area contributed by atoms with E-state index in [1.165, 1.54) is 14.2 Å². The van der Waals surface area contributed by atoms with Crippen molar-refractivity contribution in [3.05, 3.63) is 71.8 Å². The third-order valence-electron chi connectivity index (χ3n) is 4.71. The fourth-order valence-corrected chi connectivity index (χ4v) is 3.01. The molecule has 2 amide bonds. The Labute approximate surface area is 186 Å². The lowest BCUT2D eigenvalue weighted by Gasteiger charge is -2.12. The van der Waals surface area contributed by atoms with Crippen molar-refractivity contribution in [2.45, 2.75) is 0 Å². The van der Waals surface area contributed by atoms with Crippen molar-refractivity contribution in [3.8, 4) is 23.0 Å². The molecule has 8 nitrogen and oxygen atoms in total. The second kappa shape index (κ2) is 10.2. The molecule has 0 spiro atoms. The lowest BCUT2D eigenvalue weighted by atomic mass is 10.1. The molecule has 0 aromatic heterocycles. The average Bonchev–Trinajstić information content (AvgIpc) is 2.84. The number of amides is 2. The van der Waals surface area contributed by atoms with E-state index in [4.69, 9.17) is 18.9 Å². The number of ether oxygens (including phenoxy) is 4. The predicted molar refractivity (Wildman–Crippen MR) is 121 cm³/mol. The van der Waals surface area contributed by atoms with E-state index in [1.807, 2.05) is 0 Å². The molecule has 0 fully saturated rings. The number of benzene rings is 3. The van der Waals surface area contributed by atoms with Crippen molar-refractivity contribution in [1.29, 1.82) is 0 Å². The molecule has 0 aliphatic carbocycles. The Morgan fingerprint density at radius 3 is 1.25 bits per heavy atom. The van der Waals surface area contributed by atoms with Crippen molar-refractivity contribution < 1.29 is 28.5 Å². The second-order valence-corrected chi connectivity index (χ2v) is 6.62. The van der Waals surface area contributed by atoms with Gasteiger partial charge in [0, 0.05) is 23.5 Å². The van der Waals surface area contributed by atoms with E-state index in [9.17, 15) is 9.59 Å². The van der Waals surface area contributed by atoms with Crippen molar-refractivity contribution in [3.63, 3.8) is 0 Å². The quantitative estimate of drug-likeness (QED) is 0.549. The molecule has 0 saturated heterocycles. The van der Waals surface area contributed by atoms with Crippen LogP contribution in [0.15, 0.2) is 60.7 Å². The van der Waals surface area contributed by atoms with Gasteiger partial charge in [0.05, 0.1) is 39.6 Å². The second-order valence-electron chi connectivity index (χ2n) is 6.62. The Kier molecular flexibility index (Phi) is 7.17. The SMILES string of the molecule is COc1ccc(C(=O)Nc2ccc(NC(=O)c3ccc(OC)cc3OC)cc2)c(OC)c1. The summed E-state index contributed by atoms with van der Waals surface area (Å²) in [5.74, 6) is 1.32. The number of carbonyl (C=O) groups is 2. The van der Waals surface area contributed by atoms with Gasteiger partial charge in [0.15, 0.2) is 0 Å². The number of anilines is 2. The molecule has 3 rings (SSSR count). The Balaban J connectivity index is 1.69. The normalized spacial score (nSPS) is 10.1. The summed E-state index contributed by atoms with van der Waals surface area (Å²) >= 11 is 0. The smallest absolute Gasteiger partial charge is 0.259 e. The van der Waals surface area contributed by atoms with E-state index in [0.29, 0.717) is 45.5 Å². The number of methoxy groups -OCH3 is 4. The monoisotopic (exact) mass is 436 g/mol. The summed E-state index contributed by atoms with van der Waals surface area (Å²) in [5, 5.41) is 5.61. The fraction of sp³-hybridized carbons (Fsp3) is 0.167. The van der Waals surface area contributed by atoms with Crippen LogP contribution in [0.4, 0.5) is 11.4 Å². The summed E-state index contributed by atoms with van der Waals surface area (Å²) in [4.78, 5) is 25.3. The largest absolute Gasteiger partial charge is 0.497 e. The standard InChI is InChI=1S/C24H24N2O6/c1-29-17-9-11-19(21(13-17)31-3)23(27)25-15-5-7-16(8-6-15)26-24(28)20-12-10-18(30-2)14-22(20)32-4/h5-14H,1-4H3,(H,25,27)(H,26,28). The Morgan fingerprint density at radius 2 is 0.938 bits per heavy atom. The van der Waals surface area contributed by atoms with Crippen molar-refractivity contribution in [2.75, 3.05) is 39.1 Å². The lowest BCUT2D eigenvalue weighted by Crippen LogP contribution is -2.14. The summed E-state index contributed by atoms with van der Waals surface area (Å²) in [5.41, 5.74) is 1.87. The Morgan fingerprint density at radius 1 is 0.562 bits per heavy atom. The Hall–Kier alpha value is -4.20. The summed E-state index contributed by atoms with van der Waals surface area (Å²) in [6, 6.07) is 16.7. The molecule has 0 aliphatic rings. The average molecular weight is 436 g/mol. The molecular weight excluding hydrogens is 412 g/mol. The van der Waals surface area contributed by atoms with E-state index in [0.717, 1.165) is 0 Å². The van der Waals surface area contributed by atoms with E-state index in [-0.39, 0.29) is 11.8 Å². The van der Waals surface area contributed by atoms with Crippen LogP contribution < -0.4 is 29.6 Å². The third-order valence-corrected chi connectivity index (χ3v) is 4.71. The number of hydrogen-bond acceptors (Lipinski definition) is 6. The van der Waals surface area contributed by atoms with E-state index >= 15 is 0 Å². The number of nitrogens with one attached hydrogen (secondary N) is 2. The first-order chi connectivity index (χ1) is 15.5. The maximum Gasteiger partial charge on any atom is 0.259 e. The van der Waals surface area contributed by atoms with Crippen LogP contribution in [0.5, 0.6) is 23.0 Å². The molecule has 166 valence electrons. The maximum absolute atomic E-state index is 12.6. The number of rotatable bonds is 8. The molecule has 3 aromatic rings. The first-order valence-electron chi connectivity index (χ1n) is 9.66. The minimum Gasteiger partial charge on any atom is -0.497 e. The van der Waals surface area contributed by atoms with Gasteiger partial charge in [-0.3, -0.25) is 9.59 Å². The zero-order chi connectivity index (χ0) is 23.1. The van der Waals surface area contributed by atoms with Crippen molar-refractivity contribution in [1.82, 2.24) is 0 Å². The van der Waals surface area contributed by atoms with Gasteiger partial charge in [0.1, 0.15) is 23.0 Å². The van der Waals surface area contributed by atoms with Crippen LogP contribution in [0.3, 0.4) is 0 Å². The molecular formula is C24H24N2O6. The fourth-order valence-electron chi connectivity index (χ4n) is 3.01. The van der Waals surface area contributed by atoms with Crippen LogP contribution in [-0.4, -0.2) is 40.3 Å². The summed E-state index contributed by atoms with van der Waals surface area (Å²) in [6.07, 6.45) is 0. The van der Waals surface area contributed by atoms with Gasteiger partial charge in [-0.2, -0.15) is 0 Å². The topological polar surface area (TPSA) is 95.1 Å². The molecule has 0 atom stereocenters. The third kappa shape index (κ3) is 5.10. The highest BCUT2D eigenvalue weighted by Crippen LogP contribution is 2.27. The van der Waals surface area contributed by atoms with Gasteiger partial charge in [0.25, 0.3) is 11.8 Å². The zero-order valence-corrected chi connectivity index (χ0v) is 18.2. The van der Waals surface area contributed by atoms with Crippen LogP contribution >= 0.6 is 0 Å². The molecule has 3 aromatic carbocycles. The van der Waals surface area contributed by atoms with Gasteiger partial charge in [0.2, 0.25) is 0 Å². The highest BCUT2D eigenvalue weighted by Gasteiger charge is 2.15. The van der Waals surface area contributed by atoms with E-state index in [2.05, 4.69) is 10.6 Å². The molecule has 0 aliphatic heterocycles. The highest BCUT2D eigenvalue weighted by atomic mass is 16.5. The molecule has 32 heavy (non-hydrogen) atoms. The van der Waals surface area contributed by atoms with Gasteiger partial charge in [-0.05, 0) is 48.5 Å². The lowest BCUT2D eigenvalue weighted by molar-refractivity contribution is 0.101. The molecule has 2 N–H and O–H groups in total. The molecule has 0 radical (unpaired) electrons. The predicted octanol–water partition coefficient (Wildman–Crippen LogP) is 4.23. The Bertz CT molecular complexity index is 1020. The number of hydrogen-bond donors (Lipinski definition) is 2. The maximum atomic E-state index is 12.6. The number of carbonyl (C=O) groups excluding carboxylic acids is 2. The van der Waals surface area contributed by atoms with Gasteiger partial charge in [-0.15, -0.1) is 0 Å². The van der Waals surface area contributed by atoms with Crippen LogP contribution in [0.2, 0.25) is 0 Å². The van der Waals surface area contributed by atoms with Crippen LogP contribution in [-0.2, 0) is 0 Å². The van der Waals surface area contributed by atoms with Gasteiger partial charge in [-0.25, -0.2) is 0 Å². The summed E-state index contributed by atoms with van der Waals surface area (Å²) in [7, 11) is 6.06. The summed E-state index contributed by atoms with van der Waals surface area (Å²) < 4.78 is 20.9. The van der Waals surface area contributed by atoms with Crippen LogP contribution in [0.25, 0.3) is 0 Å². The minimum absolute atomic E-state index is 0.329.